The zero-order valence-electron chi connectivity index (χ0n) is 4.90. The average molecular weight is 128 g/mol. The van der Waals surface area contributed by atoms with E-state index >= 15 is 0 Å². The van der Waals surface area contributed by atoms with Crippen LogP contribution in [-0.2, 0) is 11.4 Å². The monoisotopic (exact) mass is 128 g/mol. The number of nitrogens with two attached hydrogens (primary N) is 1. The van der Waals surface area contributed by atoms with Crippen LogP contribution in [0, 0.1) is 0 Å². The maximum Gasteiger partial charge on any atom is 0.0876 e. The molecule has 0 atom stereocenters. The number of nitrogens with zero attached hydrogens (tertiary/aromatic N) is 3. The summed E-state index contributed by atoms with van der Waals surface area (Å²) in [4.78, 5) is 4.33. The topological polar surface area (TPSA) is 66.0 Å². The fraction of sp³-hybridized carbons (Fsp3) is 0.500. The molecule has 0 saturated heterocycles. The zero-order valence-corrected chi connectivity index (χ0v) is 4.90. The molecule has 0 radical (unpaired) electrons. The second kappa shape index (κ2) is 3.16. The molecule has 9 heavy (non-hydrogen) atoms. The first kappa shape index (κ1) is 6.18. The highest BCUT2D eigenvalue weighted by Crippen LogP contribution is 1.78. The molecule has 5 heteroatoms. The van der Waals surface area contributed by atoms with Gasteiger partial charge in [-0.3, -0.25) is 4.68 Å². The van der Waals surface area contributed by atoms with Gasteiger partial charge < -0.3 is 4.84 Å². The normalized spacial score (nSPS) is 9.89. The van der Waals surface area contributed by atoms with E-state index in [0.29, 0.717) is 13.2 Å². The summed E-state index contributed by atoms with van der Waals surface area (Å²) in [7, 11) is 0. The van der Waals surface area contributed by atoms with Crippen molar-refractivity contribution >= 4 is 0 Å². The molecule has 0 unspecified atom stereocenters. The van der Waals surface area contributed by atoms with Crippen molar-refractivity contribution < 1.29 is 4.84 Å². The largest absolute Gasteiger partial charge is 0.303 e. The van der Waals surface area contributed by atoms with Gasteiger partial charge in [0.25, 0.3) is 0 Å². The Hall–Kier alpha value is -0.940. The molecule has 1 aromatic rings. The predicted molar refractivity (Wildman–Crippen MR) is 30.2 cm³/mol. The molecule has 5 nitrogen and oxygen atoms in total. The molecule has 0 aliphatic heterocycles. The molecule has 2 N–H and O–H groups in total. The molecule has 0 saturated carbocycles. The van der Waals surface area contributed by atoms with Crippen LogP contribution in [0.3, 0.4) is 0 Å². The minimum atomic E-state index is 0.462. The molecule has 0 amide bonds. The van der Waals surface area contributed by atoms with E-state index in [-0.39, 0.29) is 0 Å². The van der Waals surface area contributed by atoms with Crippen LogP contribution >= 0.6 is 0 Å². The van der Waals surface area contributed by atoms with Gasteiger partial charge >= 0.3 is 0 Å². The van der Waals surface area contributed by atoms with Gasteiger partial charge in [0.2, 0.25) is 0 Å². The fourth-order valence-electron chi connectivity index (χ4n) is 0.498. The predicted octanol–water partition coefficient (Wildman–Crippen LogP) is -0.832. The third-order valence-electron chi connectivity index (χ3n) is 0.910. The molecule has 1 rings (SSSR count). The lowest BCUT2D eigenvalue weighted by Crippen LogP contribution is -2.09. The molecular formula is C4H8N4O. The van der Waals surface area contributed by atoms with Gasteiger partial charge in [0.05, 0.1) is 19.3 Å². The summed E-state index contributed by atoms with van der Waals surface area (Å²) >= 11 is 0. The van der Waals surface area contributed by atoms with Gasteiger partial charge in [0, 0.05) is 6.20 Å². The van der Waals surface area contributed by atoms with Gasteiger partial charge in [-0.25, -0.2) is 5.90 Å². The van der Waals surface area contributed by atoms with E-state index in [0.717, 1.165) is 0 Å². The number of hydrogen-bond acceptors (Lipinski definition) is 4. The third-order valence-corrected chi connectivity index (χ3v) is 0.910. The van der Waals surface area contributed by atoms with E-state index in [1.165, 1.54) is 0 Å². The SMILES string of the molecule is NOCCn1ccnn1. The Morgan fingerprint density at radius 2 is 2.56 bits per heavy atom. The van der Waals surface area contributed by atoms with Crippen LogP contribution in [0.15, 0.2) is 12.4 Å². The van der Waals surface area contributed by atoms with Crippen molar-refractivity contribution in [3.05, 3.63) is 12.4 Å². The van der Waals surface area contributed by atoms with Crippen LogP contribution in [-0.4, -0.2) is 21.6 Å². The summed E-state index contributed by atoms with van der Waals surface area (Å²) in [5, 5.41) is 7.28. The average Bonchev–Trinajstić information content (AvgIpc) is 2.34. The van der Waals surface area contributed by atoms with Crippen LogP contribution < -0.4 is 5.90 Å². The summed E-state index contributed by atoms with van der Waals surface area (Å²) in [6.07, 6.45) is 3.36. The van der Waals surface area contributed by atoms with Crippen molar-refractivity contribution in [1.29, 1.82) is 0 Å². The van der Waals surface area contributed by atoms with E-state index in [1.807, 2.05) is 0 Å². The van der Waals surface area contributed by atoms with E-state index < -0.39 is 0 Å². The molecule has 0 aromatic carbocycles. The summed E-state index contributed by atoms with van der Waals surface area (Å²) < 4.78 is 1.65. The van der Waals surface area contributed by atoms with Crippen LogP contribution in [0.1, 0.15) is 0 Å². The van der Waals surface area contributed by atoms with Crippen LogP contribution in [0.25, 0.3) is 0 Å². The highest BCUT2D eigenvalue weighted by molar-refractivity contribution is 4.62. The summed E-state index contributed by atoms with van der Waals surface area (Å²) in [5.41, 5.74) is 0. The summed E-state index contributed by atoms with van der Waals surface area (Å²) in [6.45, 7) is 1.11. The zero-order chi connectivity index (χ0) is 6.53. The highest BCUT2D eigenvalue weighted by Gasteiger charge is 1.87. The first-order valence-electron chi connectivity index (χ1n) is 2.59. The number of rotatable bonds is 3. The molecule has 0 aliphatic carbocycles. The number of aromatic nitrogens is 3. The standard InChI is InChI=1S/C4H8N4O/c5-9-4-3-8-2-1-6-7-8/h1-2H,3-5H2. The van der Waals surface area contributed by atoms with E-state index in [9.17, 15) is 0 Å². The lowest BCUT2D eigenvalue weighted by Gasteiger charge is -1.95. The van der Waals surface area contributed by atoms with Gasteiger partial charge in [-0.2, -0.15) is 0 Å². The van der Waals surface area contributed by atoms with Crippen molar-refractivity contribution in [2.24, 2.45) is 5.90 Å². The molecular weight excluding hydrogens is 120 g/mol. The maximum absolute atomic E-state index is 4.78. The van der Waals surface area contributed by atoms with Crippen molar-refractivity contribution in [2.75, 3.05) is 6.61 Å². The second-order valence-electron chi connectivity index (χ2n) is 1.54. The van der Waals surface area contributed by atoms with E-state index in [4.69, 9.17) is 5.90 Å². The van der Waals surface area contributed by atoms with Crippen molar-refractivity contribution in [3.63, 3.8) is 0 Å². The minimum Gasteiger partial charge on any atom is -0.303 e. The van der Waals surface area contributed by atoms with Crippen molar-refractivity contribution in [2.45, 2.75) is 6.54 Å². The van der Waals surface area contributed by atoms with Gasteiger partial charge in [-0.15, -0.1) is 5.10 Å². The molecule has 0 fully saturated rings. The van der Waals surface area contributed by atoms with Crippen molar-refractivity contribution in [3.8, 4) is 0 Å². The molecule has 0 aliphatic rings. The quantitative estimate of drug-likeness (QED) is 0.539. The first-order valence-corrected chi connectivity index (χ1v) is 2.59. The number of hydrogen-bond donors (Lipinski definition) is 1. The highest BCUT2D eigenvalue weighted by atomic mass is 16.6. The summed E-state index contributed by atoms with van der Waals surface area (Å²) in [6, 6.07) is 0. The van der Waals surface area contributed by atoms with E-state index in [1.54, 1.807) is 17.1 Å². The van der Waals surface area contributed by atoms with Crippen molar-refractivity contribution in [1.82, 2.24) is 15.0 Å². The molecule has 1 heterocycles. The Balaban J connectivity index is 2.30. The lowest BCUT2D eigenvalue weighted by molar-refractivity contribution is 0.126. The molecule has 0 bridgehead atoms. The van der Waals surface area contributed by atoms with Crippen LogP contribution in [0.4, 0.5) is 0 Å². The lowest BCUT2D eigenvalue weighted by atomic mass is 10.7. The Kier molecular flexibility index (Phi) is 2.17. The second-order valence-corrected chi connectivity index (χ2v) is 1.54. The summed E-state index contributed by atoms with van der Waals surface area (Å²) in [5.74, 6) is 4.78. The molecule has 50 valence electrons. The van der Waals surface area contributed by atoms with E-state index in [2.05, 4.69) is 15.1 Å². The Bertz CT molecular complexity index is 150. The minimum absolute atomic E-state index is 0.462. The van der Waals surface area contributed by atoms with Gasteiger partial charge in [-0.1, -0.05) is 5.21 Å². The smallest absolute Gasteiger partial charge is 0.0876 e. The Morgan fingerprint density at radius 1 is 1.67 bits per heavy atom. The van der Waals surface area contributed by atoms with Gasteiger partial charge in [-0.05, 0) is 0 Å². The van der Waals surface area contributed by atoms with Crippen LogP contribution in [0.5, 0.6) is 0 Å². The van der Waals surface area contributed by atoms with Crippen LogP contribution in [0.2, 0.25) is 0 Å². The third kappa shape index (κ3) is 1.79. The molecule has 1 aromatic heterocycles. The fourth-order valence-corrected chi connectivity index (χ4v) is 0.498. The molecule has 0 spiro atoms. The Labute approximate surface area is 52.4 Å². The van der Waals surface area contributed by atoms with Gasteiger partial charge in [0.1, 0.15) is 0 Å². The first-order chi connectivity index (χ1) is 4.43. The maximum atomic E-state index is 4.78. The van der Waals surface area contributed by atoms with Gasteiger partial charge in [0.15, 0.2) is 0 Å². The Morgan fingerprint density at radius 3 is 3.11 bits per heavy atom.